The Labute approximate surface area is 159 Å². The van der Waals surface area contributed by atoms with E-state index in [0.29, 0.717) is 0 Å². The van der Waals surface area contributed by atoms with Crippen molar-refractivity contribution in [3.63, 3.8) is 0 Å². The van der Waals surface area contributed by atoms with E-state index in [1.807, 2.05) is 34.6 Å². The normalized spacial score (nSPS) is 17.9. The number of nitrogens with one attached hydrogen (secondary N) is 1. The molecule has 1 N–H and O–H groups in total. The van der Waals surface area contributed by atoms with Crippen LogP contribution in [0.1, 0.15) is 41.0 Å². The first-order valence-electron chi connectivity index (χ1n) is 9.48. The van der Waals surface area contributed by atoms with Gasteiger partial charge in [0.25, 0.3) is 0 Å². The Balaban J connectivity index is 0.000000481. The van der Waals surface area contributed by atoms with Crippen LogP contribution in [0, 0.1) is 0 Å². The minimum atomic E-state index is -0.0505. The van der Waals surface area contributed by atoms with Gasteiger partial charge in [-0.2, -0.15) is 0 Å². The Bertz CT molecular complexity index is 465. The van der Waals surface area contributed by atoms with E-state index >= 15 is 0 Å². The Hall–Kier alpha value is -1.36. The molecule has 0 aliphatic carbocycles. The molecular weight excluding hydrogens is 328 g/mol. The summed E-state index contributed by atoms with van der Waals surface area (Å²) >= 11 is 0. The van der Waals surface area contributed by atoms with Crippen LogP contribution in [-0.2, 0) is 4.74 Å². The fourth-order valence-corrected chi connectivity index (χ4v) is 1.88. The molecule has 0 bridgehead atoms. The van der Waals surface area contributed by atoms with Crippen LogP contribution in [0.2, 0.25) is 0 Å². The highest BCUT2D eigenvalue weighted by Crippen LogP contribution is 2.04. The second kappa shape index (κ2) is 14.8. The molecule has 1 saturated heterocycles. The second-order valence-corrected chi connectivity index (χ2v) is 7.48. The molecule has 2 atom stereocenters. The van der Waals surface area contributed by atoms with Crippen molar-refractivity contribution in [2.75, 3.05) is 53.4 Å². The summed E-state index contributed by atoms with van der Waals surface area (Å²) in [7, 11) is 4.12. The van der Waals surface area contributed by atoms with E-state index in [1.54, 1.807) is 0 Å². The molecule has 0 radical (unpaired) electrons. The maximum Gasteiger partial charge on any atom is 0.0928 e. The van der Waals surface area contributed by atoms with Gasteiger partial charge in [-0.3, -0.25) is 0 Å². The molecular formula is C19H38N6O. The molecule has 0 amide bonds. The SMILES string of the molecule is CCN=C=NC(C)C1CNCCO1.CN(C)CCCN=C=NC(C)(C)C. The van der Waals surface area contributed by atoms with Crippen LogP contribution in [0.3, 0.4) is 0 Å². The highest BCUT2D eigenvalue weighted by Gasteiger charge is 2.19. The van der Waals surface area contributed by atoms with Crippen LogP contribution in [0.4, 0.5) is 0 Å². The molecule has 150 valence electrons. The molecule has 7 nitrogen and oxygen atoms in total. The lowest BCUT2D eigenvalue weighted by Crippen LogP contribution is -2.43. The van der Waals surface area contributed by atoms with Crippen LogP contribution in [0.15, 0.2) is 20.0 Å². The summed E-state index contributed by atoms with van der Waals surface area (Å²) in [6, 6.07) is 5.55. The zero-order valence-electron chi connectivity index (χ0n) is 17.7. The van der Waals surface area contributed by atoms with E-state index in [-0.39, 0.29) is 17.7 Å². The maximum atomic E-state index is 5.53. The van der Waals surface area contributed by atoms with E-state index in [0.717, 1.165) is 45.8 Å². The molecule has 1 aliphatic heterocycles. The Morgan fingerprint density at radius 3 is 2.50 bits per heavy atom. The van der Waals surface area contributed by atoms with Gasteiger partial charge in [0, 0.05) is 19.6 Å². The van der Waals surface area contributed by atoms with Gasteiger partial charge in [-0.25, -0.2) is 20.0 Å². The monoisotopic (exact) mass is 366 g/mol. The molecule has 1 aliphatic rings. The van der Waals surface area contributed by atoms with E-state index in [1.165, 1.54) is 0 Å². The minimum absolute atomic E-state index is 0.0505. The molecule has 26 heavy (non-hydrogen) atoms. The number of hydrogen-bond donors (Lipinski definition) is 1. The minimum Gasteiger partial charge on any atom is -0.373 e. The smallest absolute Gasteiger partial charge is 0.0928 e. The molecule has 0 spiro atoms. The molecule has 7 heteroatoms. The van der Waals surface area contributed by atoms with Crippen LogP contribution >= 0.6 is 0 Å². The van der Waals surface area contributed by atoms with Crippen LogP contribution in [0.25, 0.3) is 0 Å². The molecule has 0 aromatic heterocycles. The van der Waals surface area contributed by atoms with Gasteiger partial charge >= 0.3 is 0 Å². The van der Waals surface area contributed by atoms with Gasteiger partial charge in [0.2, 0.25) is 0 Å². The number of rotatable bonds is 7. The fraction of sp³-hybridized carbons (Fsp3) is 0.895. The number of aliphatic imine (C=N–C) groups is 4. The first kappa shape index (κ1) is 24.6. The van der Waals surface area contributed by atoms with Crippen molar-refractivity contribution < 1.29 is 4.74 Å². The van der Waals surface area contributed by atoms with E-state index in [9.17, 15) is 0 Å². The van der Waals surface area contributed by atoms with Gasteiger partial charge in [-0.15, -0.1) is 0 Å². The van der Waals surface area contributed by atoms with Crippen molar-refractivity contribution in [1.29, 1.82) is 0 Å². The summed E-state index contributed by atoms with van der Waals surface area (Å²) in [5, 5.41) is 3.26. The average molecular weight is 367 g/mol. The van der Waals surface area contributed by atoms with E-state index in [4.69, 9.17) is 4.74 Å². The van der Waals surface area contributed by atoms with Crippen molar-refractivity contribution in [3.8, 4) is 0 Å². The number of hydrogen-bond acceptors (Lipinski definition) is 7. The largest absolute Gasteiger partial charge is 0.373 e. The molecule has 0 aromatic rings. The van der Waals surface area contributed by atoms with Gasteiger partial charge in [-0.1, -0.05) is 0 Å². The van der Waals surface area contributed by atoms with E-state index in [2.05, 4.69) is 56.3 Å². The summed E-state index contributed by atoms with van der Waals surface area (Å²) in [5.41, 5.74) is -0.0505. The summed E-state index contributed by atoms with van der Waals surface area (Å²) in [6.45, 7) is 15.3. The zero-order valence-corrected chi connectivity index (χ0v) is 17.7. The average Bonchev–Trinajstić information content (AvgIpc) is 2.58. The molecule has 0 aromatic carbocycles. The third kappa shape index (κ3) is 16.1. The zero-order chi connectivity index (χ0) is 19.8. The Kier molecular flexibility index (Phi) is 14.0. The Morgan fingerprint density at radius 1 is 1.23 bits per heavy atom. The van der Waals surface area contributed by atoms with Crippen LogP contribution in [0.5, 0.6) is 0 Å². The molecule has 1 rings (SSSR count). The van der Waals surface area contributed by atoms with Crippen molar-refractivity contribution >= 4 is 12.0 Å². The van der Waals surface area contributed by atoms with E-state index < -0.39 is 0 Å². The highest BCUT2D eigenvalue weighted by atomic mass is 16.5. The third-order valence-electron chi connectivity index (χ3n) is 3.32. The number of nitrogens with zero attached hydrogens (tertiary/aromatic N) is 5. The lowest BCUT2D eigenvalue weighted by atomic mass is 10.1. The topological polar surface area (TPSA) is 73.9 Å². The van der Waals surface area contributed by atoms with Crippen LogP contribution in [-0.4, -0.2) is 88.0 Å². The molecule has 1 fully saturated rings. The van der Waals surface area contributed by atoms with Crippen molar-refractivity contribution in [2.24, 2.45) is 20.0 Å². The number of ether oxygens (including phenoxy) is 1. The van der Waals surface area contributed by atoms with Gasteiger partial charge in [0.15, 0.2) is 0 Å². The van der Waals surface area contributed by atoms with Gasteiger partial charge in [0.1, 0.15) is 0 Å². The fourth-order valence-electron chi connectivity index (χ4n) is 1.88. The molecule has 1 heterocycles. The van der Waals surface area contributed by atoms with Crippen molar-refractivity contribution in [3.05, 3.63) is 0 Å². The molecule has 0 saturated carbocycles. The van der Waals surface area contributed by atoms with Gasteiger partial charge in [0.05, 0.1) is 42.9 Å². The standard InChI is InChI=1S/C10H21N3.C9H17N3O/c1-10(2,3)12-9-11-7-6-8-13(4)5;1-3-10-7-12-8(2)9-6-11-4-5-13-9/h6-8H2,1-5H3;8-9,11H,3-6H2,1-2H3. The second-order valence-electron chi connectivity index (χ2n) is 7.48. The first-order valence-corrected chi connectivity index (χ1v) is 9.48. The van der Waals surface area contributed by atoms with Crippen molar-refractivity contribution in [2.45, 2.75) is 58.7 Å². The Morgan fingerprint density at radius 2 is 1.96 bits per heavy atom. The summed E-state index contributed by atoms with van der Waals surface area (Å²) < 4.78 is 5.53. The first-order chi connectivity index (χ1) is 12.3. The summed E-state index contributed by atoms with van der Waals surface area (Å²) in [6.07, 6.45) is 1.24. The van der Waals surface area contributed by atoms with Gasteiger partial charge in [-0.05, 0) is 61.7 Å². The summed E-state index contributed by atoms with van der Waals surface area (Å²) in [5.74, 6) is 0. The van der Waals surface area contributed by atoms with Crippen molar-refractivity contribution in [1.82, 2.24) is 10.2 Å². The quantitative estimate of drug-likeness (QED) is 0.555. The van der Waals surface area contributed by atoms with Crippen LogP contribution < -0.4 is 5.32 Å². The lowest BCUT2D eigenvalue weighted by molar-refractivity contribution is 0.0169. The maximum absolute atomic E-state index is 5.53. The summed E-state index contributed by atoms with van der Waals surface area (Å²) in [4.78, 5) is 18.4. The lowest BCUT2D eigenvalue weighted by Gasteiger charge is -2.25. The highest BCUT2D eigenvalue weighted by molar-refractivity contribution is 5.42. The predicted octanol–water partition coefficient (Wildman–Crippen LogP) is 2.47. The third-order valence-corrected chi connectivity index (χ3v) is 3.32. The number of morpholine rings is 1. The van der Waals surface area contributed by atoms with Gasteiger partial charge < -0.3 is 15.0 Å². The molecule has 2 unspecified atom stereocenters. The predicted molar refractivity (Wildman–Crippen MR) is 110 cm³/mol.